The van der Waals surface area contributed by atoms with Gasteiger partial charge in [0.2, 0.25) is 0 Å². The van der Waals surface area contributed by atoms with E-state index in [2.05, 4.69) is 5.32 Å². The van der Waals surface area contributed by atoms with Crippen molar-refractivity contribution in [3.8, 4) is 11.5 Å². The molecule has 2 aliphatic rings. The van der Waals surface area contributed by atoms with Gasteiger partial charge in [-0.15, -0.1) is 0 Å². The van der Waals surface area contributed by atoms with Crippen LogP contribution in [0, 0.1) is 11.6 Å². The number of ether oxygens (including phenoxy) is 4. The van der Waals surface area contributed by atoms with Gasteiger partial charge in [0.05, 0.1) is 38.6 Å². The molecule has 2 fully saturated rings. The summed E-state index contributed by atoms with van der Waals surface area (Å²) in [6.45, 7) is 1.92. The van der Waals surface area contributed by atoms with Crippen molar-refractivity contribution in [2.24, 2.45) is 0 Å². The van der Waals surface area contributed by atoms with Gasteiger partial charge in [0.1, 0.15) is 23.1 Å². The van der Waals surface area contributed by atoms with Crippen molar-refractivity contribution in [1.82, 2.24) is 5.32 Å². The minimum absolute atomic E-state index is 0.214. The first-order valence-corrected chi connectivity index (χ1v) is 14.7. The highest BCUT2D eigenvalue weighted by Crippen LogP contribution is 2.29. The summed E-state index contributed by atoms with van der Waals surface area (Å²) in [5.74, 6) is 1.09. The Hall–Kier alpha value is -2.22. The van der Waals surface area contributed by atoms with Crippen molar-refractivity contribution >= 4 is 0 Å². The zero-order chi connectivity index (χ0) is 27.5. The first-order valence-electron chi connectivity index (χ1n) is 14.7. The Morgan fingerprint density at radius 2 is 1.08 bits per heavy atom. The Labute approximate surface area is 232 Å². The van der Waals surface area contributed by atoms with E-state index in [0.29, 0.717) is 24.4 Å². The van der Waals surface area contributed by atoms with E-state index in [4.69, 9.17) is 18.9 Å². The molecule has 0 unspecified atom stereocenters. The van der Waals surface area contributed by atoms with Crippen LogP contribution in [-0.2, 0) is 22.3 Å². The lowest BCUT2D eigenvalue weighted by Gasteiger charge is -2.16. The summed E-state index contributed by atoms with van der Waals surface area (Å²) in [4.78, 5) is 0. The second-order valence-corrected chi connectivity index (χ2v) is 10.9. The molecule has 39 heavy (non-hydrogen) atoms. The fraction of sp³-hybridized carbons (Fsp3) is 0.625. The molecule has 0 aromatic heterocycles. The van der Waals surface area contributed by atoms with Gasteiger partial charge in [-0.1, -0.05) is 0 Å². The summed E-state index contributed by atoms with van der Waals surface area (Å²) in [7, 11) is 3.26. The van der Waals surface area contributed by atoms with E-state index in [1.54, 1.807) is 38.5 Å². The molecule has 216 valence electrons. The van der Waals surface area contributed by atoms with Crippen LogP contribution in [0.3, 0.4) is 0 Å². The molecule has 0 aliphatic carbocycles. The lowest BCUT2D eigenvalue weighted by Crippen LogP contribution is -2.25. The zero-order valence-corrected chi connectivity index (χ0v) is 23.6. The maximum Gasteiger partial charge on any atom is 0.123 e. The van der Waals surface area contributed by atoms with Crippen LogP contribution < -0.4 is 14.8 Å². The van der Waals surface area contributed by atoms with E-state index in [1.807, 2.05) is 0 Å². The third-order valence-electron chi connectivity index (χ3n) is 8.11. The van der Waals surface area contributed by atoms with Crippen LogP contribution in [0.25, 0.3) is 0 Å². The maximum absolute atomic E-state index is 13.6. The maximum atomic E-state index is 13.6. The lowest BCUT2D eigenvalue weighted by molar-refractivity contribution is 0.0320. The van der Waals surface area contributed by atoms with Crippen LogP contribution in [-0.4, -0.2) is 51.7 Å². The van der Waals surface area contributed by atoms with Crippen LogP contribution in [0.15, 0.2) is 36.4 Å². The largest absolute Gasteiger partial charge is 0.496 e. The molecule has 0 bridgehead atoms. The summed E-state index contributed by atoms with van der Waals surface area (Å²) in [5.41, 5.74) is 1.86. The standard InChI is InChI=1S/C32H45F2NO4/c1-36-31-15-9-25(33)21-23(31)5-3-7-27-11-13-29(38-27)17-19-35-20-18-30-14-12-28(39-30)8-4-6-24-22-26(34)10-16-32(24)37-2/h9-10,15-16,21-22,27-30,35H,3-8,11-14,17-20H2,1-2H3/t27-,28-,29+,30+/m0/s1. The summed E-state index contributed by atoms with van der Waals surface area (Å²) < 4.78 is 50.4. The Balaban J connectivity index is 1.02. The molecule has 4 atom stereocenters. The van der Waals surface area contributed by atoms with Gasteiger partial charge in [-0.2, -0.15) is 0 Å². The Kier molecular flexibility index (Phi) is 11.9. The van der Waals surface area contributed by atoms with Crippen LogP contribution in [0.5, 0.6) is 11.5 Å². The molecule has 2 aromatic rings. The number of rotatable bonds is 16. The number of aryl methyl sites for hydroxylation is 2. The fourth-order valence-electron chi connectivity index (χ4n) is 5.99. The van der Waals surface area contributed by atoms with Crippen LogP contribution >= 0.6 is 0 Å². The van der Waals surface area contributed by atoms with Crippen molar-refractivity contribution in [2.75, 3.05) is 27.3 Å². The number of benzene rings is 2. The van der Waals surface area contributed by atoms with Crippen molar-refractivity contribution in [2.45, 2.75) is 101 Å². The van der Waals surface area contributed by atoms with Gasteiger partial charge < -0.3 is 24.3 Å². The molecule has 0 amide bonds. The molecular weight excluding hydrogens is 500 g/mol. The number of nitrogens with one attached hydrogen (secondary N) is 1. The summed E-state index contributed by atoms with van der Waals surface area (Å²) >= 11 is 0. The summed E-state index contributed by atoms with van der Waals surface area (Å²) in [6, 6.07) is 9.43. The number of halogens is 2. The van der Waals surface area contributed by atoms with Gasteiger partial charge in [0.25, 0.3) is 0 Å². The first kappa shape index (κ1) is 29.8. The van der Waals surface area contributed by atoms with Crippen molar-refractivity contribution in [3.63, 3.8) is 0 Å². The van der Waals surface area contributed by atoms with E-state index in [-0.39, 0.29) is 11.6 Å². The number of hydrogen-bond donors (Lipinski definition) is 1. The second-order valence-electron chi connectivity index (χ2n) is 10.9. The molecule has 0 spiro atoms. The van der Waals surface area contributed by atoms with Crippen molar-refractivity contribution in [1.29, 1.82) is 0 Å². The monoisotopic (exact) mass is 545 g/mol. The number of methoxy groups -OCH3 is 2. The van der Waals surface area contributed by atoms with E-state index in [0.717, 1.165) is 113 Å². The molecule has 2 aliphatic heterocycles. The van der Waals surface area contributed by atoms with E-state index in [1.165, 1.54) is 12.1 Å². The fourth-order valence-corrected chi connectivity index (χ4v) is 5.99. The highest BCUT2D eigenvalue weighted by Gasteiger charge is 2.26. The number of hydrogen-bond acceptors (Lipinski definition) is 5. The molecule has 2 aromatic carbocycles. The summed E-state index contributed by atoms with van der Waals surface area (Å²) in [5, 5.41) is 3.58. The normalized spacial score (nSPS) is 22.9. The van der Waals surface area contributed by atoms with E-state index in [9.17, 15) is 8.78 Å². The second kappa shape index (κ2) is 15.5. The van der Waals surface area contributed by atoms with Gasteiger partial charge in [-0.25, -0.2) is 8.78 Å². The van der Waals surface area contributed by atoms with Gasteiger partial charge in [-0.05, 0) is 138 Å². The van der Waals surface area contributed by atoms with Crippen LogP contribution in [0.2, 0.25) is 0 Å². The van der Waals surface area contributed by atoms with Gasteiger partial charge in [0.15, 0.2) is 0 Å². The van der Waals surface area contributed by atoms with E-state index < -0.39 is 0 Å². The lowest BCUT2D eigenvalue weighted by atomic mass is 10.0. The quantitative estimate of drug-likeness (QED) is 0.235. The Morgan fingerprint density at radius 1 is 0.667 bits per heavy atom. The van der Waals surface area contributed by atoms with Crippen molar-refractivity contribution in [3.05, 3.63) is 59.2 Å². The minimum Gasteiger partial charge on any atom is -0.496 e. The first-order chi connectivity index (χ1) is 19.0. The predicted octanol–water partition coefficient (Wildman–Crippen LogP) is 6.79. The molecule has 4 rings (SSSR count). The smallest absolute Gasteiger partial charge is 0.123 e. The third-order valence-corrected chi connectivity index (χ3v) is 8.11. The molecule has 2 heterocycles. The predicted molar refractivity (Wildman–Crippen MR) is 150 cm³/mol. The van der Waals surface area contributed by atoms with Crippen LogP contribution in [0.4, 0.5) is 8.78 Å². The molecular formula is C32H45F2NO4. The highest BCUT2D eigenvalue weighted by molar-refractivity contribution is 5.34. The molecule has 5 nitrogen and oxygen atoms in total. The zero-order valence-electron chi connectivity index (χ0n) is 23.6. The Bertz CT molecular complexity index is 940. The van der Waals surface area contributed by atoms with Crippen molar-refractivity contribution < 1.29 is 27.7 Å². The SMILES string of the molecule is COc1ccc(F)cc1CCC[C@H]1CC[C@H](CCNCC[C@H]2CC[C@H](CCCc3cc(F)ccc3OC)O2)O1. The molecule has 7 heteroatoms. The summed E-state index contributed by atoms with van der Waals surface area (Å²) in [6.07, 6.45) is 13.3. The Morgan fingerprint density at radius 3 is 1.49 bits per heavy atom. The highest BCUT2D eigenvalue weighted by atomic mass is 19.1. The van der Waals surface area contributed by atoms with Crippen LogP contribution in [0.1, 0.15) is 75.3 Å². The van der Waals surface area contributed by atoms with Gasteiger partial charge in [-0.3, -0.25) is 0 Å². The topological polar surface area (TPSA) is 49.0 Å². The average Bonchev–Trinajstić information content (AvgIpc) is 3.58. The average molecular weight is 546 g/mol. The van der Waals surface area contributed by atoms with Gasteiger partial charge >= 0.3 is 0 Å². The minimum atomic E-state index is -0.214. The molecule has 0 radical (unpaired) electrons. The molecule has 2 saturated heterocycles. The molecule has 0 saturated carbocycles. The molecule has 1 N–H and O–H groups in total. The third kappa shape index (κ3) is 9.44. The van der Waals surface area contributed by atoms with E-state index >= 15 is 0 Å². The van der Waals surface area contributed by atoms with Gasteiger partial charge in [0, 0.05) is 0 Å².